The molecule has 0 saturated heterocycles. The predicted octanol–water partition coefficient (Wildman–Crippen LogP) is 3.16. The van der Waals surface area contributed by atoms with Gasteiger partial charge in [-0.3, -0.25) is 20.4 Å². The molecule has 0 spiro atoms. The molecule has 0 atom stereocenters. The second-order valence-electron chi connectivity index (χ2n) is 4.92. The molecule has 0 saturated carbocycles. The molecule has 0 aliphatic heterocycles. The van der Waals surface area contributed by atoms with Gasteiger partial charge in [-0.1, -0.05) is 30.3 Å². The summed E-state index contributed by atoms with van der Waals surface area (Å²) >= 11 is 0. The van der Waals surface area contributed by atoms with Crippen LogP contribution >= 0.6 is 0 Å². The van der Waals surface area contributed by atoms with Gasteiger partial charge in [-0.25, -0.2) is 4.39 Å². The number of carbonyl (C=O) groups is 2. The lowest BCUT2D eigenvalue weighted by molar-refractivity contribution is 0.0831. The fourth-order valence-electron chi connectivity index (χ4n) is 2.10. The van der Waals surface area contributed by atoms with Gasteiger partial charge in [0.25, 0.3) is 5.91 Å². The van der Waals surface area contributed by atoms with Crippen molar-refractivity contribution in [2.24, 2.45) is 0 Å². The number of halogens is 1. The second-order valence-corrected chi connectivity index (χ2v) is 4.92. The molecular formula is C18H13FN2O3. The zero-order valence-electron chi connectivity index (χ0n) is 12.5. The third-order valence-electron chi connectivity index (χ3n) is 3.29. The van der Waals surface area contributed by atoms with Gasteiger partial charge in [0.2, 0.25) is 0 Å². The normalized spacial score (nSPS) is 10.2. The summed E-state index contributed by atoms with van der Waals surface area (Å²) in [6.45, 7) is 0. The summed E-state index contributed by atoms with van der Waals surface area (Å²) in [5.41, 5.74) is 5.20. The van der Waals surface area contributed by atoms with Crippen molar-refractivity contribution in [1.82, 2.24) is 10.9 Å². The zero-order chi connectivity index (χ0) is 16.9. The van der Waals surface area contributed by atoms with E-state index in [0.717, 1.165) is 0 Å². The van der Waals surface area contributed by atoms with Gasteiger partial charge in [0.05, 0.1) is 5.56 Å². The number of hydrazine groups is 1. The molecule has 2 amide bonds. The molecule has 5 nitrogen and oxygen atoms in total. The number of rotatable bonds is 3. The molecule has 3 aromatic rings. The van der Waals surface area contributed by atoms with Crippen LogP contribution in [-0.4, -0.2) is 11.8 Å². The Balaban J connectivity index is 1.66. The van der Waals surface area contributed by atoms with E-state index in [0.29, 0.717) is 5.56 Å². The molecule has 1 aromatic heterocycles. The van der Waals surface area contributed by atoms with Gasteiger partial charge in [0, 0.05) is 5.56 Å². The van der Waals surface area contributed by atoms with E-state index in [9.17, 15) is 14.0 Å². The minimum Gasteiger partial charge on any atom is -0.451 e. The Kier molecular flexibility index (Phi) is 4.38. The van der Waals surface area contributed by atoms with Crippen LogP contribution < -0.4 is 10.9 Å². The lowest BCUT2D eigenvalue weighted by Crippen LogP contribution is -2.41. The van der Waals surface area contributed by atoms with Crippen LogP contribution in [0.15, 0.2) is 71.1 Å². The molecule has 24 heavy (non-hydrogen) atoms. The molecule has 0 aliphatic rings. The third-order valence-corrected chi connectivity index (χ3v) is 3.29. The molecule has 0 bridgehead atoms. The first-order chi connectivity index (χ1) is 11.6. The number of hydrogen-bond acceptors (Lipinski definition) is 3. The van der Waals surface area contributed by atoms with Gasteiger partial charge in [-0.2, -0.15) is 0 Å². The van der Waals surface area contributed by atoms with Crippen molar-refractivity contribution in [3.05, 3.63) is 83.9 Å². The van der Waals surface area contributed by atoms with Crippen molar-refractivity contribution in [3.8, 4) is 11.3 Å². The van der Waals surface area contributed by atoms with Crippen LogP contribution in [0.5, 0.6) is 0 Å². The SMILES string of the molecule is O=C(NNC(=O)c1ccc(-c2ccccc2F)o1)c1ccccc1. The molecule has 3 rings (SSSR count). The maximum atomic E-state index is 13.7. The number of amides is 2. The summed E-state index contributed by atoms with van der Waals surface area (Å²) in [6, 6.07) is 17.4. The van der Waals surface area contributed by atoms with Crippen molar-refractivity contribution in [2.75, 3.05) is 0 Å². The number of carbonyl (C=O) groups excluding carboxylic acids is 2. The average Bonchev–Trinajstić information content (AvgIpc) is 3.10. The van der Waals surface area contributed by atoms with Crippen molar-refractivity contribution >= 4 is 11.8 Å². The summed E-state index contributed by atoms with van der Waals surface area (Å²) in [7, 11) is 0. The molecule has 0 radical (unpaired) electrons. The highest BCUT2D eigenvalue weighted by Gasteiger charge is 2.15. The first kappa shape index (κ1) is 15.5. The van der Waals surface area contributed by atoms with Gasteiger partial charge in [-0.05, 0) is 36.4 Å². The van der Waals surface area contributed by atoms with Gasteiger partial charge in [0.15, 0.2) is 5.76 Å². The first-order valence-electron chi connectivity index (χ1n) is 7.15. The fourth-order valence-corrected chi connectivity index (χ4v) is 2.10. The highest BCUT2D eigenvalue weighted by molar-refractivity contribution is 5.98. The molecule has 1 heterocycles. The summed E-state index contributed by atoms with van der Waals surface area (Å²) < 4.78 is 19.1. The molecule has 0 fully saturated rings. The quantitative estimate of drug-likeness (QED) is 0.727. The molecule has 2 N–H and O–H groups in total. The molecule has 120 valence electrons. The number of furan rings is 1. The van der Waals surface area contributed by atoms with Crippen molar-refractivity contribution < 1.29 is 18.4 Å². The van der Waals surface area contributed by atoms with Crippen LogP contribution in [0.4, 0.5) is 4.39 Å². The average molecular weight is 324 g/mol. The molecule has 2 aromatic carbocycles. The van der Waals surface area contributed by atoms with Crippen LogP contribution in [0, 0.1) is 5.82 Å². The molecule has 0 aliphatic carbocycles. The third kappa shape index (κ3) is 3.33. The lowest BCUT2D eigenvalue weighted by atomic mass is 10.1. The van der Waals surface area contributed by atoms with Gasteiger partial charge in [-0.15, -0.1) is 0 Å². The monoisotopic (exact) mass is 324 g/mol. The van der Waals surface area contributed by atoms with Crippen molar-refractivity contribution in [3.63, 3.8) is 0 Å². The van der Waals surface area contributed by atoms with Crippen LogP contribution in [0.3, 0.4) is 0 Å². The summed E-state index contributed by atoms with van der Waals surface area (Å²) in [6.07, 6.45) is 0. The van der Waals surface area contributed by atoms with Crippen LogP contribution in [0.1, 0.15) is 20.9 Å². The Hall–Kier alpha value is -3.41. The highest BCUT2D eigenvalue weighted by atomic mass is 19.1. The van der Waals surface area contributed by atoms with E-state index in [4.69, 9.17) is 4.42 Å². The van der Waals surface area contributed by atoms with Gasteiger partial charge >= 0.3 is 5.91 Å². The van der Waals surface area contributed by atoms with E-state index in [-0.39, 0.29) is 17.1 Å². The van der Waals surface area contributed by atoms with Gasteiger partial charge < -0.3 is 4.42 Å². The van der Waals surface area contributed by atoms with Crippen LogP contribution in [0.25, 0.3) is 11.3 Å². The minimum atomic E-state index is -0.637. The second kappa shape index (κ2) is 6.78. The first-order valence-corrected chi connectivity index (χ1v) is 7.15. The minimum absolute atomic E-state index is 0.0402. The van der Waals surface area contributed by atoms with Crippen molar-refractivity contribution in [1.29, 1.82) is 0 Å². The van der Waals surface area contributed by atoms with Crippen molar-refractivity contribution in [2.45, 2.75) is 0 Å². The van der Waals surface area contributed by atoms with E-state index in [1.54, 1.807) is 48.5 Å². The largest absolute Gasteiger partial charge is 0.451 e. The lowest BCUT2D eigenvalue weighted by Gasteiger charge is -2.05. The predicted molar refractivity (Wildman–Crippen MR) is 85.5 cm³/mol. The van der Waals surface area contributed by atoms with E-state index in [2.05, 4.69) is 10.9 Å². The summed E-state index contributed by atoms with van der Waals surface area (Å²) in [4.78, 5) is 23.8. The Morgan fingerprint density at radius 1 is 0.792 bits per heavy atom. The van der Waals surface area contributed by atoms with E-state index in [1.807, 2.05) is 0 Å². The topological polar surface area (TPSA) is 71.3 Å². The summed E-state index contributed by atoms with van der Waals surface area (Å²) in [5.74, 6) is -1.35. The molecule has 0 unspecified atom stereocenters. The number of hydrogen-bond donors (Lipinski definition) is 2. The van der Waals surface area contributed by atoms with Gasteiger partial charge in [0.1, 0.15) is 11.6 Å². The summed E-state index contributed by atoms with van der Waals surface area (Å²) in [5, 5.41) is 0. The van der Waals surface area contributed by atoms with Crippen LogP contribution in [-0.2, 0) is 0 Å². The maximum absolute atomic E-state index is 13.7. The van der Waals surface area contributed by atoms with Crippen LogP contribution in [0.2, 0.25) is 0 Å². The standard InChI is InChI=1S/C18H13FN2O3/c19-14-9-5-4-8-13(14)15-10-11-16(24-15)18(23)21-20-17(22)12-6-2-1-3-7-12/h1-11H,(H,20,22)(H,21,23). The Labute approximate surface area is 137 Å². The van der Waals surface area contributed by atoms with E-state index < -0.39 is 17.6 Å². The molecular weight excluding hydrogens is 311 g/mol. The number of benzene rings is 2. The van der Waals surface area contributed by atoms with E-state index >= 15 is 0 Å². The maximum Gasteiger partial charge on any atom is 0.305 e. The fraction of sp³-hybridized carbons (Fsp3) is 0. The van der Waals surface area contributed by atoms with E-state index in [1.165, 1.54) is 18.2 Å². The Morgan fingerprint density at radius 3 is 2.21 bits per heavy atom. The molecule has 6 heteroatoms. The Bertz CT molecular complexity index is 875. The zero-order valence-corrected chi connectivity index (χ0v) is 12.5. The smallest absolute Gasteiger partial charge is 0.305 e. The highest BCUT2D eigenvalue weighted by Crippen LogP contribution is 2.24. The number of nitrogens with one attached hydrogen (secondary N) is 2. The Morgan fingerprint density at radius 2 is 1.46 bits per heavy atom.